The van der Waals surface area contributed by atoms with Crippen LogP contribution in [0.2, 0.25) is 5.02 Å². The van der Waals surface area contributed by atoms with E-state index in [-0.39, 0.29) is 0 Å². The minimum Gasteiger partial charge on any atom is -0.217 e. The highest BCUT2D eigenvalue weighted by Crippen LogP contribution is 2.28. The molecule has 0 amide bonds. The van der Waals surface area contributed by atoms with Gasteiger partial charge in [-0.15, -0.1) is 15.3 Å². The lowest BCUT2D eigenvalue weighted by Crippen LogP contribution is -1.99. The fourth-order valence-corrected chi connectivity index (χ4v) is 4.02. The zero-order valence-electron chi connectivity index (χ0n) is 14.8. The Hall–Kier alpha value is -3.10. The molecule has 7 nitrogen and oxygen atoms in total. The molecule has 0 N–H and O–H groups in total. The van der Waals surface area contributed by atoms with Crippen LogP contribution in [-0.2, 0) is 6.42 Å². The van der Waals surface area contributed by atoms with Crippen LogP contribution in [0.5, 0.6) is 0 Å². The van der Waals surface area contributed by atoms with Gasteiger partial charge in [-0.2, -0.15) is 9.61 Å². The van der Waals surface area contributed by atoms with Gasteiger partial charge in [-0.1, -0.05) is 58.5 Å². The quantitative estimate of drug-likeness (QED) is 0.450. The van der Waals surface area contributed by atoms with Gasteiger partial charge in [-0.25, -0.2) is 4.68 Å². The van der Waals surface area contributed by atoms with Crippen molar-refractivity contribution < 1.29 is 0 Å². The van der Waals surface area contributed by atoms with E-state index >= 15 is 0 Å². The van der Waals surface area contributed by atoms with Crippen LogP contribution in [0, 0.1) is 6.92 Å². The summed E-state index contributed by atoms with van der Waals surface area (Å²) in [6.45, 7) is 1.97. The summed E-state index contributed by atoms with van der Waals surface area (Å²) < 4.78 is 3.56. The first kappa shape index (κ1) is 17.0. The number of hydrogen-bond acceptors (Lipinski definition) is 6. The number of aromatic nitrogens is 7. The Morgan fingerprint density at radius 1 is 0.964 bits per heavy atom. The smallest absolute Gasteiger partial charge is 0.217 e. The number of rotatable bonds is 4. The Balaban J connectivity index is 1.51. The first-order valence-corrected chi connectivity index (χ1v) is 9.82. The lowest BCUT2D eigenvalue weighted by atomic mass is 10.1. The van der Waals surface area contributed by atoms with Crippen LogP contribution in [0.4, 0.5) is 0 Å². The van der Waals surface area contributed by atoms with Crippen molar-refractivity contribution in [3.63, 3.8) is 0 Å². The van der Waals surface area contributed by atoms with E-state index in [0.717, 1.165) is 38.4 Å². The van der Waals surface area contributed by atoms with Gasteiger partial charge in [-0.3, -0.25) is 0 Å². The van der Waals surface area contributed by atoms with E-state index < -0.39 is 0 Å². The van der Waals surface area contributed by atoms with Gasteiger partial charge < -0.3 is 0 Å². The molecule has 9 heteroatoms. The van der Waals surface area contributed by atoms with E-state index in [9.17, 15) is 0 Å². The lowest BCUT2D eigenvalue weighted by Gasteiger charge is -2.02. The van der Waals surface area contributed by atoms with E-state index in [0.29, 0.717) is 11.4 Å². The molecule has 2 aromatic carbocycles. The lowest BCUT2D eigenvalue weighted by molar-refractivity contribution is 0.785. The first-order chi connectivity index (χ1) is 13.7. The predicted octanol–water partition coefficient (Wildman–Crippen LogP) is 3.99. The highest BCUT2D eigenvalue weighted by Gasteiger charge is 2.19. The number of benzene rings is 2. The summed E-state index contributed by atoms with van der Waals surface area (Å²) in [7, 11) is 0. The molecule has 5 aromatic rings. The van der Waals surface area contributed by atoms with E-state index in [2.05, 4.69) is 32.6 Å². The molecule has 138 valence electrons. The molecule has 0 fully saturated rings. The van der Waals surface area contributed by atoms with Gasteiger partial charge >= 0.3 is 0 Å². The maximum absolute atomic E-state index is 5.98. The topological polar surface area (TPSA) is 73.8 Å². The van der Waals surface area contributed by atoms with Gasteiger partial charge in [-0.05, 0) is 36.8 Å². The Morgan fingerprint density at radius 2 is 1.75 bits per heavy atom. The Bertz CT molecular complexity index is 1250. The van der Waals surface area contributed by atoms with E-state index in [1.807, 2.05) is 49.4 Å². The summed E-state index contributed by atoms with van der Waals surface area (Å²) >= 11 is 7.42. The Morgan fingerprint density at radius 3 is 2.54 bits per heavy atom. The van der Waals surface area contributed by atoms with Gasteiger partial charge in [0.2, 0.25) is 4.96 Å². The largest absolute Gasteiger partial charge is 0.235 e. The monoisotopic (exact) mass is 407 g/mol. The highest BCUT2D eigenvalue weighted by atomic mass is 35.5. The first-order valence-electron chi connectivity index (χ1n) is 8.63. The summed E-state index contributed by atoms with van der Waals surface area (Å²) in [4.78, 5) is 0.737. The van der Waals surface area contributed by atoms with Gasteiger partial charge in [0.05, 0.1) is 11.4 Å². The van der Waals surface area contributed by atoms with Crippen molar-refractivity contribution in [3.8, 4) is 16.4 Å². The van der Waals surface area contributed by atoms with Gasteiger partial charge in [0.15, 0.2) is 10.8 Å². The maximum Gasteiger partial charge on any atom is 0.235 e. The van der Waals surface area contributed by atoms with Crippen LogP contribution in [-0.4, -0.2) is 34.8 Å². The third kappa shape index (κ3) is 2.96. The van der Waals surface area contributed by atoms with Crippen molar-refractivity contribution in [3.05, 3.63) is 76.7 Å². The van der Waals surface area contributed by atoms with Crippen LogP contribution in [0.3, 0.4) is 0 Å². The molecule has 0 aliphatic rings. The summed E-state index contributed by atoms with van der Waals surface area (Å²) in [5, 5.41) is 23.3. The van der Waals surface area contributed by atoms with Gasteiger partial charge in [0.1, 0.15) is 5.69 Å². The molecular formula is C19H14ClN7S. The number of hydrogen-bond donors (Lipinski definition) is 0. The zero-order chi connectivity index (χ0) is 19.1. The fraction of sp³-hybridized carbons (Fsp3) is 0.105. The second kappa shape index (κ2) is 6.81. The molecule has 3 aromatic heterocycles. The number of fused-ring (bicyclic) bond motifs is 1. The molecule has 5 rings (SSSR count). The maximum atomic E-state index is 5.98. The third-order valence-electron chi connectivity index (χ3n) is 4.43. The van der Waals surface area contributed by atoms with Crippen LogP contribution in [0.25, 0.3) is 21.3 Å². The molecule has 0 saturated carbocycles. The Labute approximate surface area is 169 Å². The van der Waals surface area contributed by atoms with Crippen LogP contribution in [0.15, 0.2) is 54.6 Å². The highest BCUT2D eigenvalue weighted by molar-refractivity contribution is 7.19. The standard InChI is InChI=1S/C19H14ClN7S/c1-12-17(22-25-26(12)15-9-7-14(20)8-10-15)18-24-27-16(21-23-19(27)28-18)11-13-5-3-2-4-6-13/h2-10H,11H2,1H3. The van der Waals surface area contributed by atoms with E-state index in [1.165, 1.54) is 11.3 Å². The zero-order valence-corrected chi connectivity index (χ0v) is 16.4. The van der Waals surface area contributed by atoms with Crippen molar-refractivity contribution >= 4 is 27.9 Å². The minimum atomic E-state index is 0.668. The van der Waals surface area contributed by atoms with Gasteiger partial charge in [0.25, 0.3) is 0 Å². The molecule has 0 aliphatic carbocycles. The molecule has 0 unspecified atom stereocenters. The molecule has 0 aliphatic heterocycles. The number of halogens is 1. The van der Waals surface area contributed by atoms with Crippen molar-refractivity contribution in [2.24, 2.45) is 0 Å². The molecule has 28 heavy (non-hydrogen) atoms. The molecule has 0 spiro atoms. The Kier molecular flexibility index (Phi) is 4.14. The predicted molar refractivity (Wildman–Crippen MR) is 108 cm³/mol. The SMILES string of the molecule is Cc1c(-c2nn3c(Cc4ccccc4)nnc3s2)nnn1-c1ccc(Cl)cc1. The summed E-state index contributed by atoms with van der Waals surface area (Å²) in [6.07, 6.45) is 0.668. The minimum absolute atomic E-state index is 0.668. The average Bonchev–Trinajstić information content (AvgIpc) is 3.39. The van der Waals surface area contributed by atoms with Crippen LogP contribution in [0.1, 0.15) is 17.1 Å². The molecule has 0 saturated heterocycles. The molecule has 3 heterocycles. The van der Waals surface area contributed by atoms with E-state index in [4.69, 9.17) is 16.7 Å². The van der Waals surface area contributed by atoms with Crippen molar-refractivity contribution in [2.45, 2.75) is 13.3 Å². The van der Waals surface area contributed by atoms with E-state index in [1.54, 1.807) is 9.20 Å². The van der Waals surface area contributed by atoms with Crippen molar-refractivity contribution in [1.29, 1.82) is 0 Å². The molecule has 0 bridgehead atoms. The molecule has 0 atom stereocenters. The van der Waals surface area contributed by atoms with Crippen molar-refractivity contribution in [2.75, 3.05) is 0 Å². The fourth-order valence-electron chi connectivity index (χ4n) is 3.00. The van der Waals surface area contributed by atoms with Gasteiger partial charge in [0, 0.05) is 11.4 Å². The van der Waals surface area contributed by atoms with Crippen LogP contribution < -0.4 is 0 Å². The number of nitrogens with zero attached hydrogens (tertiary/aromatic N) is 7. The van der Waals surface area contributed by atoms with Crippen LogP contribution >= 0.6 is 22.9 Å². The van der Waals surface area contributed by atoms with Crippen molar-refractivity contribution in [1.82, 2.24) is 34.8 Å². The second-order valence-electron chi connectivity index (χ2n) is 6.29. The normalized spacial score (nSPS) is 11.4. The summed E-state index contributed by atoms with van der Waals surface area (Å²) in [5.74, 6) is 0.798. The average molecular weight is 408 g/mol. The summed E-state index contributed by atoms with van der Waals surface area (Å²) in [5.41, 5.74) is 3.69. The summed E-state index contributed by atoms with van der Waals surface area (Å²) in [6, 6.07) is 17.6. The molecular weight excluding hydrogens is 394 g/mol. The molecule has 0 radical (unpaired) electrons. The second-order valence-corrected chi connectivity index (χ2v) is 7.68. The third-order valence-corrected chi connectivity index (χ3v) is 5.59.